The lowest BCUT2D eigenvalue weighted by atomic mass is 9.94. The highest BCUT2D eigenvalue weighted by Gasteiger charge is 2.10. The number of nitrogens with one attached hydrogen (secondary N) is 1. The molecular formula is C14H22BrNO. The maximum atomic E-state index is 5.39. The summed E-state index contributed by atoms with van der Waals surface area (Å²) in [6.07, 6.45) is 2.29. The van der Waals surface area contributed by atoms with Crippen molar-refractivity contribution in [2.75, 3.05) is 26.8 Å². The first-order chi connectivity index (χ1) is 8.27. The van der Waals surface area contributed by atoms with Crippen LogP contribution in [0.5, 0.6) is 0 Å². The lowest BCUT2D eigenvalue weighted by Gasteiger charge is -2.17. The average Bonchev–Trinajstić information content (AvgIpc) is 2.34. The molecule has 0 saturated heterocycles. The van der Waals surface area contributed by atoms with Gasteiger partial charge in [0.05, 0.1) is 0 Å². The molecule has 0 aromatic heterocycles. The van der Waals surface area contributed by atoms with Crippen molar-refractivity contribution in [3.8, 4) is 0 Å². The fraction of sp³-hybridized carbons (Fsp3) is 0.571. The molecule has 0 spiro atoms. The number of likely N-dealkylation sites (N-methyl/N-ethyl adjacent to an activating group) is 1. The van der Waals surface area contributed by atoms with Crippen molar-refractivity contribution in [1.82, 2.24) is 5.32 Å². The summed E-state index contributed by atoms with van der Waals surface area (Å²) in [5.41, 5.74) is 1.40. The van der Waals surface area contributed by atoms with Crippen LogP contribution in [0, 0.1) is 0 Å². The largest absolute Gasteiger partial charge is 0.382 e. The van der Waals surface area contributed by atoms with Crippen molar-refractivity contribution in [1.29, 1.82) is 0 Å². The maximum Gasteiger partial charge on any atom is 0.0466 e. The summed E-state index contributed by atoms with van der Waals surface area (Å²) in [5.74, 6) is 0.577. The molecule has 17 heavy (non-hydrogen) atoms. The monoisotopic (exact) mass is 299 g/mol. The molecule has 0 radical (unpaired) electrons. The molecular weight excluding hydrogens is 278 g/mol. The van der Waals surface area contributed by atoms with E-state index >= 15 is 0 Å². The topological polar surface area (TPSA) is 21.3 Å². The number of hydrogen-bond acceptors (Lipinski definition) is 2. The van der Waals surface area contributed by atoms with E-state index in [1.165, 1.54) is 12.0 Å². The first-order valence-corrected chi connectivity index (χ1v) is 7.05. The third-order valence-corrected chi connectivity index (χ3v) is 3.37. The highest BCUT2D eigenvalue weighted by atomic mass is 79.9. The summed E-state index contributed by atoms with van der Waals surface area (Å²) in [4.78, 5) is 0. The molecule has 0 aliphatic heterocycles. The Labute approximate surface area is 113 Å². The molecule has 1 unspecified atom stereocenters. The van der Waals surface area contributed by atoms with Crippen molar-refractivity contribution in [2.45, 2.75) is 25.7 Å². The Hall–Kier alpha value is -0.380. The van der Waals surface area contributed by atoms with E-state index in [-0.39, 0.29) is 0 Å². The Kier molecular flexibility index (Phi) is 7.49. The summed E-state index contributed by atoms with van der Waals surface area (Å²) in [5, 5.41) is 3.27. The Morgan fingerprint density at radius 1 is 1.29 bits per heavy atom. The van der Waals surface area contributed by atoms with Gasteiger partial charge in [0.2, 0.25) is 0 Å². The predicted molar refractivity (Wildman–Crippen MR) is 76.5 cm³/mol. The number of rotatable bonds is 8. The van der Waals surface area contributed by atoms with Crippen LogP contribution in [0.3, 0.4) is 0 Å². The second-order valence-electron chi connectivity index (χ2n) is 4.15. The zero-order valence-electron chi connectivity index (χ0n) is 10.7. The van der Waals surface area contributed by atoms with Crippen LogP contribution >= 0.6 is 15.9 Å². The van der Waals surface area contributed by atoms with E-state index < -0.39 is 0 Å². The molecule has 1 aromatic carbocycles. The van der Waals surface area contributed by atoms with Crippen LogP contribution < -0.4 is 5.32 Å². The molecule has 0 bridgehead atoms. The molecule has 3 heteroatoms. The Morgan fingerprint density at radius 2 is 2.00 bits per heavy atom. The van der Waals surface area contributed by atoms with E-state index in [1.54, 1.807) is 0 Å². The Balaban J connectivity index is 2.49. The van der Waals surface area contributed by atoms with Crippen molar-refractivity contribution >= 4 is 15.9 Å². The fourth-order valence-corrected chi connectivity index (χ4v) is 2.21. The normalized spacial score (nSPS) is 12.6. The van der Waals surface area contributed by atoms with Gasteiger partial charge in [0.25, 0.3) is 0 Å². The van der Waals surface area contributed by atoms with Gasteiger partial charge in [-0.25, -0.2) is 0 Å². The summed E-state index contributed by atoms with van der Waals surface area (Å²) >= 11 is 3.47. The van der Waals surface area contributed by atoms with E-state index in [4.69, 9.17) is 4.74 Å². The molecule has 0 aliphatic carbocycles. The fourth-order valence-electron chi connectivity index (χ4n) is 1.94. The van der Waals surface area contributed by atoms with Crippen LogP contribution in [0.15, 0.2) is 28.7 Å². The number of ether oxygens (including phenoxy) is 1. The van der Waals surface area contributed by atoms with Crippen molar-refractivity contribution < 1.29 is 4.74 Å². The molecule has 0 aliphatic rings. The standard InChI is InChI=1S/C14H22BrNO/c1-3-17-10-4-5-13(11-16-2)12-6-8-14(15)9-7-12/h6-9,13,16H,3-5,10-11H2,1-2H3. The van der Waals surface area contributed by atoms with Gasteiger partial charge in [-0.05, 0) is 50.4 Å². The molecule has 2 nitrogen and oxygen atoms in total. The minimum atomic E-state index is 0.577. The van der Waals surface area contributed by atoms with Gasteiger partial charge in [0.1, 0.15) is 0 Å². The van der Waals surface area contributed by atoms with Crippen molar-refractivity contribution in [2.24, 2.45) is 0 Å². The summed E-state index contributed by atoms with van der Waals surface area (Å²) in [6.45, 7) is 4.75. The first-order valence-electron chi connectivity index (χ1n) is 6.25. The molecule has 0 saturated carbocycles. The van der Waals surface area contributed by atoms with Crippen LogP contribution in [-0.2, 0) is 4.74 Å². The van der Waals surface area contributed by atoms with E-state index in [2.05, 4.69) is 45.5 Å². The van der Waals surface area contributed by atoms with Crippen molar-refractivity contribution in [3.05, 3.63) is 34.3 Å². The minimum absolute atomic E-state index is 0.577. The number of hydrogen-bond donors (Lipinski definition) is 1. The molecule has 0 amide bonds. The van der Waals surface area contributed by atoms with Gasteiger partial charge in [0.15, 0.2) is 0 Å². The molecule has 96 valence electrons. The quantitative estimate of drug-likeness (QED) is 0.741. The van der Waals surface area contributed by atoms with Gasteiger partial charge < -0.3 is 10.1 Å². The second kappa shape index (κ2) is 8.67. The number of benzene rings is 1. The van der Waals surface area contributed by atoms with Crippen molar-refractivity contribution in [3.63, 3.8) is 0 Å². The maximum absolute atomic E-state index is 5.39. The predicted octanol–water partition coefficient (Wildman–Crippen LogP) is 3.57. The van der Waals surface area contributed by atoms with Gasteiger partial charge in [-0.3, -0.25) is 0 Å². The summed E-state index contributed by atoms with van der Waals surface area (Å²) in [6, 6.07) is 8.63. The summed E-state index contributed by atoms with van der Waals surface area (Å²) in [7, 11) is 2.01. The van der Waals surface area contributed by atoms with Gasteiger partial charge in [-0.1, -0.05) is 28.1 Å². The van der Waals surface area contributed by atoms with E-state index in [9.17, 15) is 0 Å². The smallest absolute Gasteiger partial charge is 0.0466 e. The number of halogens is 1. The third-order valence-electron chi connectivity index (χ3n) is 2.84. The Bertz CT molecular complexity index is 300. The second-order valence-corrected chi connectivity index (χ2v) is 5.06. The third kappa shape index (κ3) is 5.66. The zero-order valence-corrected chi connectivity index (χ0v) is 12.3. The van der Waals surface area contributed by atoms with E-state index in [1.807, 2.05) is 14.0 Å². The lowest BCUT2D eigenvalue weighted by Crippen LogP contribution is -2.17. The van der Waals surface area contributed by atoms with E-state index in [0.717, 1.165) is 30.7 Å². The molecule has 1 aromatic rings. The Morgan fingerprint density at radius 3 is 2.59 bits per heavy atom. The highest BCUT2D eigenvalue weighted by molar-refractivity contribution is 9.10. The average molecular weight is 300 g/mol. The van der Waals surface area contributed by atoms with Crippen LogP contribution in [0.1, 0.15) is 31.2 Å². The van der Waals surface area contributed by atoms with Gasteiger partial charge >= 0.3 is 0 Å². The molecule has 1 atom stereocenters. The van der Waals surface area contributed by atoms with Gasteiger partial charge in [0, 0.05) is 24.2 Å². The lowest BCUT2D eigenvalue weighted by molar-refractivity contribution is 0.142. The molecule has 1 rings (SSSR count). The SMILES string of the molecule is CCOCCCC(CNC)c1ccc(Br)cc1. The first kappa shape index (κ1) is 14.7. The summed E-state index contributed by atoms with van der Waals surface area (Å²) < 4.78 is 6.53. The van der Waals surface area contributed by atoms with Gasteiger partial charge in [-0.15, -0.1) is 0 Å². The minimum Gasteiger partial charge on any atom is -0.382 e. The molecule has 0 fully saturated rings. The van der Waals surface area contributed by atoms with E-state index in [0.29, 0.717) is 5.92 Å². The van der Waals surface area contributed by atoms with Crippen LogP contribution in [0.25, 0.3) is 0 Å². The van der Waals surface area contributed by atoms with Crippen LogP contribution in [0.2, 0.25) is 0 Å². The highest BCUT2D eigenvalue weighted by Crippen LogP contribution is 2.22. The van der Waals surface area contributed by atoms with Crippen LogP contribution in [0.4, 0.5) is 0 Å². The van der Waals surface area contributed by atoms with Crippen LogP contribution in [-0.4, -0.2) is 26.8 Å². The molecule has 1 N–H and O–H groups in total. The zero-order chi connectivity index (χ0) is 12.5. The molecule has 0 heterocycles. The van der Waals surface area contributed by atoms with Gasteiger partial charge in [-0.2, -0.15) is 0 Å².